The molecule has 0 aromatic heterocycles. The van der Waals surface area contributed by atoms with E-state index >= 15 is 0 Å². The predicted octanol–water partition coefficient (Wildman–Crippen LogP) is 3.05. The van der Waals surface area contributed by atoms with Gasteiger partial charge in [0, 0.05) is 18.6 Å². The topological polar surface area (TPSA) is 43.4 Å². The Morgan fingerprint density at radius 3 is 2.72 bits per heavy atom. The van der Waals surface area contributed by atoms with Gasteiger partial charge in [-0.15, -0.1) is 0 Å². The Hall–Kier alpha value is -1.26. The lowest BCUT2D eigenvalue weighted by atomic mass is 10.0. The molecule has 0 aliphatic rings. The molecule has 0 atom stereocenters. The molecule has 0 unspecified atom stereocenters. The SMILES string of the molecule is CCOCCC(=O)CC(=O)c1ccc(F)cc1Cl. The maximum atomic E-state index is 12.8. The van der Waals surface area contributed by atoms with Gasteiger partial charge in [0.15, 0.2) is 5.78 Å². The quantitative estimate of drug-likeness (QED) is 0.435. The predicted molar refractivity (Wildman–Crippen MR) is 66.5 cm³/mol. The van der Waals surface area contributed by atoms with E-state index in [0.29, 0.717) is 13.2 Å². The van der Waals surface area contributed by atoms with Gasteiger partial charge in [-0.05, 0) is 25.1 Å². The Morgan fingerprint density at radius 2 is 2.11 bits per heavy atom. The van der Waals surface area contributed by atoms with E-state index in [0.717, 1.165) is 12.1 Å². The number of benzene rings is 1. The van der Waals surface area contributed by atoms with E-state index in [4.69, 9.17) is 16.3 Å². The molecule has 0 radical (unpaired) electrons. The van der Waals surface area contributed by atoms with Crippen LogP contribution in [0.3, 0.4) is 0 Å². The van der Waals surface area contributed by atoms with E-state index in [2.05, 4.69) is 0 Å². The Balaban J connectivity index is 2.57. The molecule has 0 N–H and O–H groups in total. The van der Waals surface area contributed by atoms with Crippen LogP contribution in [0.25, 0.3) is 0 Å². The fourth-order valence-corrected chi connectivity index (χ4v) is 1.68. The molecule has 0 heterocycles. The van der Waals surface area contributed by atoms with Crippen LogP contribution in [-0.4, -0.2) is 24.8 Å². The van der Waals surface area contributed by atoms with E-state index in [1.807, 2.05) is 6.92 Å². The largest absolute Gasteiger partial charge is 0.381 e. The van der Waals surface area contributed by atoms with Crippen LogP contribution in [-0.2, 0) is 9.53 Å². The highest BCUT2D eigenvalue weighted by atomic mass is 35.5. The number of Topliss-reactive ketones (excluding diaryl/α,β-unsaturated/α-hetero) is 2. The first kappa shape index (κ1) is 14.8. The van der Waals surface area contributed by atoms with Crippen LogP contribution in [0.5, 0.6) is 0 Å². The van der Waals surface area contributed by atoms with Gasteiger partial charge in [0.2, 0.25) is 0 Å². The van der Waals surface area contributed by atoms with Crippen molar-refractivity contribution in [2.75, 3.05) is 13.2 Å². The highest BCUT2D eigenvalue weighted by molar-refractivity contribution is 6.34. The lowest BCUT2D eigenvalue weighted by Gasteiger charge is -2.03. The summed E-state index contributed by atoms with van der Waals surface area (Å²) in [5.74, 6) is -1.13. The van der Waals surface area contributed by atoms with E-state index in [-0.39, 0.29) is 29.2 Å². The first-order valence-corrected chi connectivity index (χ1v) is 6.00. The summed E-state index contributed by atoms with van der Waals surface area (Å²) in [5, 5.41) is 0.0256. The van der Waals surface area contributed by atoms with Crippen molar-refractivity contribution in [2.24, 2.45) is 0 Å². The molecule has 1 rings (SSSR count). The van der Waals surface area contributed by atoms with Crippen molar-refractivity contribution < 1.29 is 18.7 Å². The molecule has 98 valence electrons. The average molecular weight is 273 g/mol. The third-order valence-electron chi connectivity index (χ3n) is 2.32. The molecule has 0 aliphatic carbocycles. The normalized spacial score (nSPS) is 10.4. The van der Waals surface area contributed by atoms with Crippen LogP contribution in [0.15, 0.2) is 18.2 Å². The highest BCUT2D eigenvalue weighted by Crippen LogP contribution is 2.19. The van der Waals surface area contributed by atoms with E-state index < -0.39 is 11.6 Å². The molecule has 0 spiro atoms. The van der Waals surface area contributed by atoms with Crippen molar-refractivity contribution in [1.82, 2.24) is 0 Å². The second kappa shape index (κ2) is 7.24. The maximum Gasteiger partial charge on any atom is 0.171 e. The van der Waals surface area contributed by atoms with Crippen molar-refractivity contribution >= 4 is 23.2 Å². The minimum Gasteiger partial charge on any atom is -0.381 e. The molecule has 0 fully saturated rings. The van der Waals surface area contributed by atoms with Gasteiger partial charge < -0.3 is 4.74 Å². The summed E-state index contributed by atoms with van der Waals surface area (Å²) in [7, 11) is 0. The molecule has 0 amide bonds. The number of ether oxygens (including phenoxy) is 1. The standard InChI is InChI=1S/C13H14ClFO3/c1-2-18-6-5-10(16)8-13(17)11-4-3-9(15)7-12(11)14/h3-4,7H,2,5-6,8H2,1H3. The number of hydrogen-bond acceptors (Lipinski definition) is 3. The Bertz CT molecular complexity index is 446. The fraction of sp³-hybridized carbons (Fsp3) is 0.385. The molecular weight excluding hydrogens is 259 g/mol. The average Bonchev–Trinajstić information content (AvgIpc) is 2.28. The Morgan fingerprint density at radius 1 is 1.39 bits per heavy atom. The van der Waals surface area contributed by atoms with Crippen molar-refractivity contribution in [1.29, 1.82) is 0 Å². The molecule has 3 nitrogen and oxygen atoms in total. The van der Waals surface area contributed by atoms with Crippen molar-refractivity contribution in [3.05, 3.63) is 34.6 Å². The van der Waals surface area contributed by atoms with Crippen LogP contribution in [0.1, 0.15) is 30.1 Å². The summed E-state index contributed by atoms with van der Waals surface area (Å²) in [6.07, 6.45) is -0.0448. The zero-order valence-corrected chi connectivity index (χ0v) is 10.8. The van der Waals surface area contributed by atoms with Crippen LogP contribution in [0, 0.1) is 5.82 Å². The summed E-state index contributed by atoms with van der Waals surface area (Å²) in [4.78, 5) is 23.2. The molecular formula is C13H14ClFO3. The Kier molecular flexibility index (Phi) is 5.95. The van der Waals surface area contributed by atoms with Crippen molar-refractivity contribution in [3.63, 3.8) is 0 Å². The van der Waals surface area contributed by atoms with Crippen LogP contribution in [0.2, 0.25) is 5.02 Å². The molecule has 18 heavy (non-hydrogen) atoms. The number of hydrogen-bond donors (Lipinski definition) is 0. The first-order chi connectivity index (χ1) is 8.54. The third kappa shape index (κ3) is 4.55. The number of rotatable bonds is 7. The molecule has 1 aromatic carbocycles. The second-order valence-corrected chi connectivity index (χ2v) is 4.12. The maximum absolute atomic E-state index is 12.8. The van der Waals surface area contributed by atoms with E-state index in [1.165, 1.54) is 6.07 Å². The summed E-state index contributed by atoms with van der Waals surface area (Å²) < 4.78 is 17.8. The van der Waals surface area contributed by atoms with E-state index in [1.54, 1.807) is 0 Å². The van der Waals surface area contributed by atoms with E-state index in [9.17, 15) is 14.0 Å². The molecule has 1 aromatic rings. The van der Waals surface area contributed by atoms with Gasteiger partial charge in [-0.1, -0.05) is 11.6 Å². The monoisotopic (exact) mass is 272 g/mol. The van der Waals surface area contributed by atoms with Gasteiger partial charge in [-0.25, -0.2) is 4.39 Å². The summed E-state index contributed by atoms with van der Waals surface area (Å²) >= 11 is 5.74. The Labute approximate surface area is 110 Å². The third-order valence-corrected chi connectivity index (χ3v) is 2.63. The zero-order chi connectivity index (χ0) is 13.5. The molecule has 0 saturated carbocycles. The summed E-state index contributed by atoms with van der Waals surface area (Å²) in [5.41, 5.74) is 0.169. The number of halogens is 2. The molecule has 0 saturated heterocycles. The smallest absolute Gasteiger partial charge is 0.171 e. The van der Waals surface area contributed by atoms with Gasteiger partial charge in [0.1, 0.15) is 11.6 Å². The number of carbonyl (C=O) groups excluding carboxylic acids is 2. The zero-order valence-electron chi connectivity index (χ0n) is 10.0. The van der Waals surface area contributed by atoms with Gasteiger partial charge in [0.25, 0.3) is 0 Å². The first-order valence-electron chi connectivity index (χ1n) is 5.62. The molecule has 0 bridgehead atoms. The highest BCUT2D eigenvalue weighted by Gasteiger charge is 2.15. The van der Waals surface area contributed by atoms with Crippen molar-refractivity contribution in [3.8, 4) is 0 Å². The molecule has 0 aliphatic heterocycles. The number of carbonyl (C=O) groups is 2. The van der Waals surface area contributed by atoms with Gasteiger partial charge in [-0.2, -0.15) is 0 Å². The van der Waals surface area contributed by atoms with Crippen LogP contribution in [0.4, 0.5) is 4.39 Å². The summed E-state index contributed by atoms with van der Waals surface area (Å²) in [6.45, 7) is 2.67. The molecule has 5 heteroatoms. The van der Waals surface area contributed by atoms with Crippen molar-refractivity contribution in [2.45, 2.75) is 19.8 Å². The van der Waals surface area contributed by atoms with Crippen LogP contribution < -0.4 is 0 Å². The second-order valence-electron chi connectivity index (χ2n) is 3.71. The minimum atomic E-state index is -0.515. The van der Waals surface area contributed by atoms with Crippen LogP contribution >= 0.6 is 11.6 Å². The lowest BCUT2D eigenvalue weighted by molar-refractivity contribution is -0.119. The summed E-state index contributed by atoms with van der Waals surface area (Å²) in [6, 6.07) is 3.49. The minimum absolute atomic E-state index is 0.0256. The van der Waals surface area contributed by atoms with Gasteiger partial charge >= 0.3 is 0 Å². The fourth-order valence-electron chi connectivity index (χ4n) is 1.41. The van der Waals surface area contributed by atoms with Gasteiger partial charge in [0.05, 0.1) is 18.1 Å². The number of ketones is 2. The van der Waals surface area contributed by atoms with Gasteiger partial charge in [-0.3, -0.25) is 9.59 Å². The lowest BCUT2D eigenvalue weighted by Crippen LogP contribution is -2.11.